The fourth-order valence-electron chi connectivity index (χ4n) is 6.88. The minimum absolute atomic E-state index is 0.00574. The Labute approximate surface area is 316 Å². The van der Waals surface area contributed by atoms with Gasteiger partial charge in [0.1, 0.15) is 12.1 Å². The van der Waals surface area contributed by atoms with Crippen molar-refractivity contribution in [3.05, 3.63) is 144 Å². The van der Waals surface area contributed by atoms with Gasteiger partial charge in [-0.1, -0.05) is 84.9 Å². The van der Waals surface area contributed by atoms with Gasteiger partial charge in [0.15, 0.2) is 0 Å². The van der Waals surface area contributed by atoms with Crippen LogP contribution in [0.5, 0.6) is 0 Å². The third kappa shape index (κ3) is 7.56. The summed E-state index contributed by atoms with van der Waals surface area (Å²) >= 11 is 0. The van der Waals surface area contributed by atoms with Gasteiger partial charge in [0.05, 0.1) is 11.4 Å². The number of fused-ring (bicyclic) bond motifs is 2. The maximum absolute atomic E-state index is 13.4. The van der Waals surface area contributed by atoms with Crippen molar-refractivity contribution in [3.63, 3.8) is 0 Å². The highest BCUT2D eigenvalue weighted by molar-refractivity contribution is 6.02. The van der Waals surface area contributed by atoms with E-state index in [0.29, 0.717) is 42.8 Å². The molecule has 0 bridgehead atoms. The number of rotatable bonds is 7. The molecule has 4 amide bonds. The highest BCUT2D eigenvalue weighted by Gasteiger charge is 2.28. The largest absolute Gasteiger partial charge is 0.337 e. The van der Waals surface area contributed by atoms with Gasteiger partial charge in [-0.2, -0.15) is 0 Å². The maximum atomic E-state index is 13.4. The molecule has 4 heterocycles. The quantitative estimate of drug-likeness (QED) is 0.157. The summed E-state index contributed by atoms with van der Waals surface area (Å²) in [6, 6.07) is 31.0. The first-order valence-electron chi connectivity index (χ1n) is 18.1. The molecule has 2 atom stereocenters. The summed E-state index contributed by atoms with van der Waals surface area (Å²) in [4.78, 5) is 70.1. The number of aryl methyl sites for hydroxylation is 3. The van der Waals surface area contributed by atoms with E-state index < -0.39 is 23.9 Å². The van der Waals surface area contributed by atoms with Crippen LogP contribution in [-0.4, -0.2) is 55.6 Å². The van der Waals surface area contributed by atoms with E-state index in [1.54, 1.807) is 12.3 Å². The second kappa shape index (κ2) is 15.1. The van der Waals surface area contributed by atoms with Gasteiger partial charge >= 0.3 is 0 Å². The first-order chi connectivity index (χ1) is 26.8. The van der Waals surface area contributed by atoms with Crippen LogP contribution in [-0.2, 0) is 22.4 Å². The van der Waals surface area contributed by atoms with Gasteiger partial charge in [0.2, 0.25) is 23.5 Å². The van der Waals surface area contributed by atoms with Gasteiger partial charge in [-0.05, 0) is 78.6 Å². The fourth-order valence-corrected chi connectivity index (χ4v) is 6.88. The molecule has 0 aliphatic carbocycles. The maximum Gasteiger partial charge on any atom is 0.289 e. The fraction of sp³-hybridized carbons (Fsp3) is 0.163. The summed E-state index contributed by atoms with van der Waals surface area (Å²) in [5, 5.41) is 11.5. The molecule has 55 heavy (non-hydrogen) atoms. The summed E-state index contributed by atoms with van der Waals surface area (Å²) in [6.45, 7) is 1.88. The Balaban J connectivity index is 0.931. The average Bonchev–Trinajstić information content (AvgIpc) is 3.47. The Hall–Kier alpha value is -7.08. The normalized spacial score (nSPS) is 16.3. The van der Waals surface area contributed by atoms with Crippen LogP contribution in [0.15, 0.2) is 116 Å². The molecule has 272 valence electrons. The SMILES string of the molecule is Cc1cnc(C(=O)NC2CCc3ccccc3NC2=O)nc1-c1ccc(-c2ccc3c(c2)NC(=O)C(NC(=O)c2nccc(-c4ccccc4)n2)CC3)cc1. The Bertz CT molecular complexity index is 2450. The molecule has 4 aromatic carbocycles. The molecule has 0 radical (unpaired) electrons. The second-order valence-electron chi connectivity index (χ2n) is 13.6. The van der Waals surface area contributed by atoms with Crippen LogP contribution < -0.4 is 21.3 Å². The van der Waals surface area contributed by atoms with Crippen molar-refractivity contribution in [3.8, 4) is 33.6 Å². The smallest absolute Gasteiger partial charge is 0.289 e. The molecule has 2 aliphatic heterocycles. The van der Waals surface area contributed by atoms with Crippen LogP contribution in [0.2, 0.25) is 0 Å². The number of hydrogen-bond donors (Lipinski definition) is 4. The second-order valence-corrected chi connectivity index (χ2v) is 13.6. The van der Waals surface area contributed by atoms with Gasteiger partial charge in [0.25, 0.3) is 11.8 Å². The lowest BCUT2D eigenvalue weighted by molar-refractivity contribution is -0.118. The van der Waals surface area contributed by atoms with Crippen LogP contribution in [0.1, 0.15) is 50.8 Å². The minimum atomic E-state index is -0.767. The lowest BCUT2D eigenvalue weighted by Crippen LogP contribution is -2.43. The molecule has 0 fully saturated rings. The number of carbonyl (C=O) groups is 4. The number of hydrogen-bond acceptors (Lipinski definition) is 8. The summed E-state index contributed by atoms with van der Waals surface area (Å²) in [5.74, 6) is -1.67. The van der Waals surface area contributed by atoms with E-state index in [1.807, 2.05) is 104 Å². The Morgan fingerprint density at radius 1 is 0.618 bits per heavy atom. The molecular weight excluding hydrogens is 693 g/mol. The number of aromatic nitrogens is 4. The van der Waals surface area contributed by atoms with Crippen molar-refractivity contribution in [1.29, 1.82) is 0 Å². The van der Waals surface area contributed by atoms with Crippen LogP contribution >= 0.6 is 0 Å². The van der Waals surface area contributed by atoms with Crippen molar-refractivity contribution in [2.45, 2.75) is 44.7 Å². The van der Waals surface area contributed by atoms with Crippen molar-refractivity contribution in [2.75, 3.05) is 10.6 Å². The number of nitrogens with zero attached hydrogens (tertiary/aromatic N) is 4. The van der Waals surface area contributed by atoms with Crippen molar-refractivity contribution in [1.82, 2.24) is 30.6 Å². The molecule has 6 aromatic rings. The zero-order chi connectivity index (χ0) is 37.9. The molecular formula is C43H36N8O4. The summed E-state index contributed by atoms with van der Waals surface area (Å²) < 4.78 is 0. The van der Waals surface area contributed by atoms with E-state index >= 15 is 0 Å². The molecule has 0 saturated heterocycles. The number of anilines is 2. The minimum Gasteiger partial charge on any atom is -0.337 e. The number of amides is 4. The van der Waals surface area contributed by atoms with E-state index in [0.717, 1.165) is 44.6 Å². The van der Waals surface area contributed by atoms with Crippen LogP contribution in [0, 0.1) is 6.92 Å². The number of benzene rings is 4. The molecule has 12 heteroatoms. The van der Waals surface area contributed by atoms with Gasteiger partial charge in [-0.25, -0.2) is 19.9 Å². The molecule has 8 rings (SSSR count). The molecule has 4 N–H and O–H groups in total. The van der Waals surface area contributed by atoms with Gasteiger partial charge in [0, 0.05) is 34.9 Å². The first kappa shape index (κ1) is 35.0. The average molecular weight is 729 g/mol. The lowest BCUT2D eigenvalue weighted by atomic mass is 9.98. The topological polar surface area (TPSA) is 168 Å². The Morgan fingerprint density at radius 2 is 1.22 bits per heavy atom. The molecule has 0 saturated carbocycles. The summed E-state index contributed by atoms with van der Waals surface area (Å²) in [6.07, 6.45) is 5.23. The Kier molecular flexibility index (Phi) is 9.61. The van der Waals surface area contributed by atoms with Crippen LogP contribution in [0.4, 0.5) is 11.4 Å². The van der Waals surface area contributed by atoms with E-state index in [4.69, 9.17) is 0 Å². The number of nitrogens with one attached hydrogen (secondary N) is 4. The Morgan fingerprint density at radius 3 is 1.95 bits per heavy atom. The molecule has 2 aromatic heterocycles. The molecule has 0 spiro atoms. The standard InChI is InChI=1S/C43H36N8O4/c1-25-24-45-39(43(55)49-34-19-17-28-9-5-6-10-32(28)47-40(34)52)51-37(25)30-14-11-26(12-15-30)31-16-13-29-18-20-35(41(53)50-36(29)23-31)48-42(54)38-44-22-21-33(46-38)27-7-3-2-4-8-27/h2-16,21-24,34-35H,17-20H2,1H3,(H,47,52)(H,48,54)(H,49,55)(H,50,53). The predicted octanol–water partition coefficient (Wildman–Crippen LogP) is 5.94. The monoisotopic (exact) mass is 728 g/mol. The zero-order valence-electron chi connectivity index (χ0n) is 29.9. The molecule has 2 aliphatic rings. The van der Waals surface area contributed by atoms with E-state index in [9.17, 15) is 19.2 Å². The molecule has 12 nitrogen and oxygen atoms in total. The number of carbonyl (C=O) groups excluding carboxylic acids is 4. The van der Waals surface area contributed by atoms with Crippen LogP contribution in [0.25, 0.3) is 33.6 Å². The van der Waals surface area contributed by atoms with Gasteiger partial charge in [-0.3, -0.25) is 19.2 Å². The van der Waals surface area contributed by atoms with Crippen molar-refractivity contribution >= 4 is 35.0 Å². The summed E-state index contributed by atoms with van der Waals surface area (Å²) in [5.41, 5.74) is 8.88. The van der Waals surface area contributed by atoms with Gasteiger partial charge in [-0.15, -0.1) is 0 Å². The highest BCUT2D eigenvalue weighted by atomic mass is 16.2. The summed E-state index contributed by atoms with van der Waals surface area (Å²) in [7, 11) is 0. The third-order valence-electron chi connectivity index (χ3n) is 9.89. The molecule has 2 unspecified atom stereocenters. The number of para-hydroxylation sites is 1. The van der Waals surface area contributed by atoms with Crippen molar-refractivity contribution in [2.24, 2.45) is 0 Å². The van der Waals surface area contributed by atoms with E-state index in [1.165, 1.54) is 6.20 Å². The zero-order valence-corrected chi connectivity index (χ0v) is 29.9. The van der Waals surface area contributed by atoms with Gasteiger partial charge < -0.3 is 21.3 Å². The van der Waals surface area contributed by atoms with E-state index in [-0.39, 0.29) is 23.5 Å². The van der Waals surface area contributed by atoms with E-state index in [2.05, 4.69) is 41.2 Å². The van der Waals surface area contributed by atoms with Crippen LogP contribution in [0.3, 0.4) is 0 Å². The van der Waals surface area contributed by atoms with Crippen molar-refractivity contribution < 1.29 is 19.2 Å². The third-order valence-corrected chi connectivity index (χ3v) is 9.89. The highest BCUT2D eigenvalue weighted by Crippen LogP contribution is 2.31. The predicted molar refractivity (Wildman–Crippen MR) is 208 cm³/mol. The first-order valence-corrected chi connectivity index (χ1v) is 18.1. The lowest BCUT2D eigenvalue weighted by Gasteiger charge is -2.15.